The van der Waals surface area contributed by atoms with Gasteiger partial charge in [0.05, 0.1) is 26.4 Å². The zero-order chi connectivity index (χ0) is 31.5. The van der Waals surface area contributed by atoms with E-state index in [2.05, 4.69) is 5.32 Å². The summed E-state index contributed by atoms with van der Waals surface area (Å²) in [6, 6.07) is 16.9. The van der Waals surface area contributed by atoms with Crippen LogP contribution in [0.1, 0.15) is 44.7 Å². The van der Waals surface area contributed by atoms with Crippen molar-refractivity contribution in [2.75, 3.05) is 33.9 Å². The lowest BCUT2D eigenvalue weighted by Crippen LogP contribution is -2.59. The molecule has 44 heavy (non-hydrogen) atoms. The second kappa shape index (κ2) is 12.6. The van der Waals surface area contributed by atoms with E-state index in [1.165, 1.54) is 24.1 Å². The van der Waals surface area contributed by atoms with Crippen LogP contribution in [0, 0.1) is 0 Å². The predicted octanol–water partition coefficient (Wildman–Crippen LogP) is 4.51. The number of amides is 3. The number of nitrogens with one attached hydrogen (secondary N) is 1. The molecule has 2 heterocycles. The third kappa shape index (κ3) is 6.35. The molecule has 1 N–H and O–H groups in total. The third-order valence-electron chi connectivity index (χ3n) is 8.01. The highest BCUT2D eigenvalue weighted by Crippen LogP contribution is 2.39. The maximum absolute atomic E-state index is 14.0. The maximum Gasteiger partial charge on any atom is 0.416 e. The minimum absolute atomic E-state index is 0.108. The molecule has 5 rings (SSSR count). The number of carbonyl (C=O) groups excluding carboxylic acids is 3. The summed E-state index contributed by atoms with van der Waals surface area (Å²) in [6.45, 7) is 0.273. The number of piperidine rings is 1. The van der Waals surface area contributed by atoms with Gasteiger partial charge in [0.2, 0.25) is 5.91 Å². The van der Waals surface area contributed by atoms with Crippen molar-refractivity contribution in [3.8, 4) is 11.5 Å². The van der Waals surface area contributed by atoms with Gasteiger partial charge in [-0.25, -0.2) is 0 Å². The molecule has 2 fully saturated rings. The second-order valence-electron chi connectivity index (χ2n) is 10.6. The molecule has 0 bridgehead atoms. The average molecular weight is 612 g/mol. The standard InChI is InChI=1S/C32H32F3N3O6/c1-42-25-10-6-22(7-11-25)29(40)37-16-14-31(15-17-37)38(30(41)23-8-12-26(43-2)13-9-23)27(20-44-31)28(39)36-19-21-4-3-5-24(18-21)32(33,34)35/h3-13,18,27H,14-17,19-20H2,1-2H3,(H,36,39)/t27-/m1/s1. The third-order valence-corrected chi connectivity index (χ3v) is 8.01. The monoisotopic (exact) mass is 611 g/mol. The van der Waals surface area contributed by atoms with Crippen LogP contribution in [0.25, 0.3) is 0 Å². The number of benzene rings is 3. The topological polar surface area (TPSA) is 97.4 Å². The van der Waals surface area contributed by atoms with Gasteiger partial charge in [-0.15, -0.1) is 0 Å². The van der Waals surface area contributed by atoms with Crippen LogP contribution in [-0.2, 0) is 22.3 Å². The Hall–Kier alpha value is -4.58. The first-order valence-electron chi connectivity index (χ1n) is 14.0. The number of rotatable bonds is 7. The first-order valence-corrected chi connectivity index (χ1v) is 14.0. The van der Waals surface area contributed by atoms with Gasteiger partial charge < -0.3 is 24.4 Å². The number of ether oxygens (including phenoxy) is 3. The van der Waals surface area contributed by atoms with E-state index in [1.54, 1.807) is 60.5 Å². The summed E-state index contributed by atoms with van der Waals surface area (Å²) in [6.07, 6.45) is -4.00. The highest BCUT2D eigenvalue weighted by Gasteiger charge is 2.54. The molecule has 1 spiro atoms. The number of halogens is 3. The molecule has 3 amide bonds. The van der Waals surface area contributed by atoms with Crippen molar-refractivity contribution >= 4 is 17.7 Å². The van der Waals surface area contributed by atoms with Crippen LogP contribution in [-0.4, -0.2) is 73.2 Å². The van der Waals surface area contributed by atoms with Gasteiger partial charge in [-0.2, -0.15) is 13.2 Å². The van der Waals surface area contributed by atoms with Crippen LogP contribution in [0.5, 0.6) is 11.5 Å². The van der Waals surface area contributed by atoms with Crippen molar-refractivity contribution in [1.82, 2.24) is 15.1 Å². The first kappa shape index (κ1) is 30.9. The van der Waals surface area contributed by atoms with E-state index < -0.39 is 35.3 Å². The lowest BCUT2D eigenvalue weighted by atomic mass is 9.96. The van der Waals surface area contributed by atoms with E-state index >= 15 is 0 Å². The van der Waals surface area contributed by atoms with Gasteiger partial charge in [-0.1, -0.05) is 12.1 Å². The Morgan fingerprint density at radius 3 is 2.00 bits per heavy atom. The van der Waals surface area contributed by atoms with Crippen LogP contribution in [0.3, 0.4) is 0 Å². The van der Waals surface area contributed by atoms with E-state index in [0.717, 1.165) is 12.1 Å². The van der Waals surface area contributed by atoms with Crippen LogP contribution < -0.4 is 14.8 Å². The molecule has 9 nitrogen and oxygen atoms in total. The zero-order valence-electron chi connectivity index (χ0n) is 24.2. The summed E-state index contributed by atoms with van der Waals surface area (Å²) in [5.41, 5.74) is -0.915. The summed E-state index contributed by atoms with van der Waals surface area (Å²) in [4.78, 5) is 43.7. The molecule has 3 aromatic carbocycles. The van der Waals surface area contributed by atoms with E-state index in [0.29, 0.717) is 22.6 Å². The van der Waals surface area contributed by atoms with Crippen molar-refractivity contribution in [3.63, 3.8) is 0 Å². The van der Waals surface area contributed by atoms with Crippen molar-refractivity contribution in [3.05, 3.63) is 95.1 Å². The number of likely N-dealkylation sites (tertiary alicyclic amines) is 1. The van der Waals surface area contributed by atoms with Gasteiger partial charge >= 0.3 is 6.18 Å². The largest absolute Gasteiger partial charge is 0.497 e. The van der Waals surface area contributed by atoms with Crippen LogP contribution >= 0.6 is 0 Å². The van der Waals surface area contributed by atoms with E-state index in [4.69, 9.17) is 14.2 Å². The molecule has 3 aromatic rings. The molecular formula is C32H32F3N3O6. The normalized spacial score (nSPS) is 17.8. The highest BCUT2D eigenvalue weighted by atomic mass is 19.4. The molecular weight excluding hydrogens is 579 g/mol. The molecule has 2 aliphatic heterocycles. The van der Waals surface area contributed by atoms with Crippen LogP contribution in [0.2, 0.25) is 0 Å². The number of alkyl halides is 3. The Morgan fingerprint density at radius 2 is 1.45 bits per heavy atom. The van der Waals surface area contributed by atoms with Gasteiger partial charge in [0.1, 0.15) is 23.3 Å². The summed E-state index contributed by atoms with van der Waals surface area (Å²) in [7, 11) is 3.05. The summed E-state index contributed by atoms with van der Waals surface area (Å²) < 4.78 is 56.1. The quantitative estimate of drug-likeness (QED) is 0.423. The lowest BCUT2D eigenvalue weighted by molar-refractivity contribution is -0.137. The van der Waals surface area contributed by atoms with Gasteiger partial charge in [0.15, 0.2) is 0 Å². The summed E-state index contributed by atoms with van der Waals surface area (Å²) >= 11 is 0. The van der Waals surface area contributed by atoms with Crippen molar-refractivity contribution in [2.24, 2.45) is 0 Å². The summed E-state index contributed by atoms with van der Waals surface area (Å²) in [5, 5.41) is 2.68. The van der Waals surface area contributed by atoms with E-state index in [-0.39, 0.29) is 50.6 Å². The van der Waals surface area contributed by atoms with E-state index in [1.807, 2.05) is 0 Å². The Bertz CT molecular complexity index is 1500. The fourth-order valence-electron chi connectivity index (χ4n) is 5.58. The van der Waals surface area contributed by atoms with E-state index in [9.17, 15) is 27.6 Å². The summed E-state index contributed by atoms with van der Waals surface area (Å²) in [5.74, 6) is -0.000617. The van der Waals surface area contributed by atoms with Gasteiger partial charge in [-0.3, -0.25) is 19.3 Å². The molecule has 12 heteroatoms. The fraction of sp³-hybridized carbons (Fsp3) is 0.344. The number of methoxy groups -OCH3 is 2. The minimum atomic E-state index is -4.52. The van der Waals surface area contributed by atoms with Crippen LogP contribution in [0.4, 0.5) is 13.2 Å². The molecule has 0 aromatic heterocycles. The average Bonchev–Trinajstić information content (AvgIpc) is 3.41. The number of carbonyl (C=O) groups is 3. The smallest absolute Gasteiger partial charge is 0.416 e. The van der Waals surface area contributed by atoms with Crippen molar-refractivity contribution < 1.29 is 41.8 Å². The SMILES string of the molecule is COc1ccc(C(=O)N2CCC3(CC2)OC[C@H](C(=O)NCc2cccc(C(F)(F)F)c2)N3C(=O)c2ccc(OC)cc2)cc1. The first-order chi connectivity index (χ1) is 21.0. The van der Waals surface area contributed by atoms with Gasteiger partial charge in [0, 0.05) is 43.6 Å². The Balaban J connectivity index is 1.35. The molecule has 232 valence electrons. The van der Waals surface area contributed by atoms with Gasteiger partial charge in [0.25, 0.3) is 11.8 Å². The molecule has 2 saturated heterocycles. The molecule has 0 saturated carbocycles. The lowest BCUT2D eigenvalue weighted by Gasteiger charge is -2.44. The number of hydrogen-bond acceptors (Lipinski definition) is 6. The molecule has 0 radical (unpaired) electrons. The number of nitrogens with zero attached hydrogens (tertiary/aromatic N) is 2. The molecule has 0 unspecified atom stereocenters. The van der Waals surface area contributed by atoms with Crippen LogP contribution in [0.15, 0.2) is 72.8 Å². The Labute approximate surface area is 252 Å². The number of hydrogen-bond donors (Lipinski definition) is 1. The highest BCUT2D eigenvalue weighted by molar-refractivity contribution is 5.99. The zero-order valence-corrected chi connectivity index (χ0v) is 24.2. The minimum Gasteiger partial charge on any atom is -0.497 e. The van der Waals surface area contributed by atoms with Gasteiger partial charge in [-0.05, 0) is 66.2 Å². The molecule has 2 aliphatic rings. The second-order valence-corrected chi connectivity index (χ2v) is 10.6. The molecule has 0 aliphatic carbocycles. The maximum atomic E-state index is 14.0. The predicted molar refractivity (Wildman–Crippen MR) is 153 cm³/mol. The molecule has 1 atom stereocenters. The Morgan fingerprint density at radius 1 is 0.886 bits per heavy atom. The van der Waals surface area contributed by atoms with Crippen molar-refractivity contribution in [2.45, 2.75) is 37.3 Å². The fourth-order valence-corrected chi connectivity index (χ4v) is 5.58. The Kier molecular flexibility index (Phi) is 8.82. The van der Waals surface area contributed by atoms with Crippen molar-refractivity contribution in [1.29, 1.82) is 0 Å².